The highest BCUT2D eigenvalue weighted by Crippen LogP contribution is 2.34. The summed E-state index contributed by atoms with van der Waals surface area (Å²) in [5, 5.41) is 5.77. The van der Waals surface area contributed by atoms with Gasteiger partial charge in [0.1, 0.15) is 11.7 Å². The Kier molecular flexibility index (Phi) is 7.25. The number of halogens is 4. The molecule has 0 saturated carbocycles. The Morgan fingerprint density at radius 3 is 2.55 bits per heavy atom. The Balaban J connectivity index is 0.00000341. The van der Waals surface area contributed by atoms with Gasteiger partial charge in [0.15, 0.2) is 17.4 Å². The molecule has 12 heteroatoms. The predicted molar refractivity (Wildman–Crippen MR) is 113 cm³/mol. The zero-order valence-corrected chi connectivity index (χ0v) is 18.3. The van der Waals surface area contributed by atoms with E-state index < -0.39 is 24.0 Å². The van der Waals surface area contributed by atoms with Gasteiger partial charge in [0.25, 0.3) is 0 Å². The van der Waals surface area contributed by atoms with Crippen LogP contribution in [0.5, 0.6) is 5.75 Å². The van der Waals surface area contributed by atoms with E-state index >= 15 is 0 Å². The molecule has 1 aliphatic rings. The smallest absolute Gasteiger partial charge is 0.403 e. The lowest BCUT2D eigenvalue weighted by molar-refractivity contribution is -0.275. The predicted octanol–water partition coefficient (Wildman–Crippen LogP) is 3.96. The topological polar surface area (TPSA) is 79.4 Å². The summed E-state index contributed by atoms with van der Waals surface area (Å²) in [5.41, 5.74) is 1.44. The van der Waals surface area contributed by atoms with E-state index in [1.807, 2.05) is 13.8 Å². The molecule has 0 bridgehead atoms. The molecule has 0 spiro atoms. The Labute approximate surface area is 183 Å². The molecule has 1 aromatic carbocycles. The van der Waals surface area contributed by atoms with Crippen LogP contribution in [-0.2, 0) is 11.3 Å². The van der Waals surface area contributed by atoms with Gasteiger partial charge in [-0.25, -0.2) is 9.37 Å². The highest BCUT2D eigenvalue weighted by Gasteiger charge is 2.35. The van der Waals surface area contributed by atoms with Crippen molar-refractivity contribution in [3.63, 3.8) is 0 Å². The van der Waals surface area contributed by atoms with Crippen molar-refractivity contribution in [1.29, 1.82) is 0 Å². The van der Waals surface area contributed by atoms with Crippen molar-refractivity contribution >= 4 is 36.9 Å². The molecular weight excluding hydrogens is 438 g/mol. The number of alkyl halides is 3. The van der Waals surface area contributed by atoms with Crippen LogP contribution >= 0.6 is 13.5 Å². The summed E-state index contributed by atoms with van der Waals surface area (Å²) in [4.78, 5) is 22.9. The van der Waals surface area contributed by atoms with Crippen molar-refractivity contribution in [3.05, 3.63) is 35.3 Å². The number of benzene rings is 1. The zero-order valence-electron chi connectivity index (χ0n) is 17.3. The minimum Gasteiger partial charge on any atom is -0.403 e. The molecule has 0 fully saturated rings. The molecule has 1 atom stereocenters. The lowest BCUT2D eigenvalue weighted by atomic mass is 9.99. The summed E-state index contributed by atoms with van der Waals surface area (Å²) in [6.07, 6.45) is -4.97. The highest BCUT2D eigenvalue weighted by molar-refractivity contribution is 7.59. The number of likely N-dealkylation sites (N-methyl/N-ethyl adjacent to an activating group) is 1. The molecule has 31 heavy (non-hydrogen) atoms. The van der Waals surface area contributed by atoms with E-state index in [-0.39, 0.29) is 37.8 Å². The molecule has 1 amide bonds. The van der Waals surface area contributed by atoms with E-state index in [1.165, 1.54) is 6.07 Å². The van der Waals surface area contributed by atoms with Crippen LogP contribution in [0.4, 0.5) is 35.0 Å². The fraction of sp³-hybridized carbons (Fsp3) is 0.421. The van der Waals surface area contributed by atoms with Gasteiger partial charge in [-0.05, 0) is 30.5 Å². The van der Waals surface area contributed by atoms with Gasteiger partial charge in [-0.2, -0.15) is 18.5 Å². The van der Waals surface area contributed by atoms with E-state index in [9.17, 15) is 22.4 Å². The van der Waals surface area contributed by atoms with Gasteiger partial charge in [0, 0.05) is 13.6 Å². The standard InChI is InChI=1S/C19H21F4N5O2.H2S/c1-9(2)15-17(29)26-14-10(3)25-18(27-16(14)28(15)4)24-8-11-5-6-13(12(20)7-11)30-19(21,22)23;/h5-7,9,15H,8H2,1-4H3,(H,26,29)(H,24,25,27);1H2/t15-;/m0./s1. The first-order valence-corrected chi connectivity index (χ1v) is 9.16. The number of amides is 1. The van der Waals surface area contributed by atoms with Crippen molar-refractivity contribution < 1.29 is 27.1 Å². The second-order valence-electron chi connectivity index (χ2n) is 7.29. The SMILES string of the molecule is Cc1nc(NCc2ccc(OC(F)(F)F)c(F)c2)nc2c1NC(=O)[C@H](C(C)C)N2C.S. The van der Waals surface area contributed by atoms with Crippen molar-refractivity contribution in [2.24, 2.45) is 5.92 Å². The molecule has 7 nitrogen and oxygen atoms in total. The maximum Gasteiger partial charge on any atom is 0.573 e. The highest BCUT2D eigenvalue weighted by atomic mass is 32.1. The van der Waals surface area contributed by atoms with Gasteiger partial charge in [-0.1, -0.05) is 19.9 Å². The molecule has 0 saturated heterocycles. The van der Waals surface area contributed by atoms with Gasteiger partial charge in [0.05, 0.1) is 5.69 Å². The molecule has 1 aromatic heterocycles. The second kappa shape index (κ2) is 9.16. The Morgan fingerprint density at radius 2 is 1.97 bits per heavy atom. The Bertz CT molecular complexity index is 971. The number of nitrogens with one attached hydrogen (secondary N) is 2. The molecule has 2 heterocycles. The van der Waals surface area contributed by atoms with Crippen LogP contribution in [0, 0.1) is 18.7 Å². The largest absolute Gasteiger partial charge is 0.573 e. The van der Waals surface area contributed by atoms with E-state index in [0.717, 1.165) is 12.1 Å². The fourth-order valence-corrected chi connectivity index (χ4v) is 3.34. The minimum absolute atomic E-state index is 0. The normalized spacial score (nSPS) is 15.8. The van der Waals surface area contributed by atoms with Gasteiger partial charge in [0.2, 0.25) is 11.9 Å². The molecule has 3 rings (SSSR count). The van der Waals surface area contributed by atoms with Crippen LogP contribution in [0.1, 0.15) is 25.1 Å². The first-order valence-electron chi connectivity index (χ1n) is 9.16. The fourth-order valence-electron chi connectivity index (χ4n) is 3.34. The number of hydrogen-bond acceptors (Lipinski definition) is 6. The molecule has 0 radical (unpaired) electrons. The van der Waals surface area contributed by atoms with Crippen LogP contribution in [0.25, 0.3) is 0 Å². The summed E-state index contributed by atoms with van der Waals surface area (Å²) in [5.74, 6) is -1.32. The van der Waals surface area contributed by atoms with Crippen LogP contribution in [-0.4, -0.2) is 35.3 Å². The van der Waals surface area contributed by atoms with Gasteiger partial charge in [-0.15, -0.1) is 13.2 Å². The molecule has 1 aliphatic heterocycles. The summed E-state index contributed by atoms with van der Waals surface area (Å²) < 4.78 is 54.2. The number of aryl methyl sites for hydroxylation is 1. The first-order chi connectivity index (χ1) is 14.0. The minimum atomic E-state index is -4.97. The first kappa shape index (κ1) is 24.5. The molecule has 0 aliphatic carbocycles. The van der Waals surface area contributed by atoms with E-state index in [4.69, 9.17) is 0 Å². The van der Waals surface area contributed by atoms with E-state index in [0.29, 0.717) is 22.8 Å². The third-order valence-corrected chi connectivity index (χ3v) is 4.64. The summed E-state index contributed by atoms with van der Waals surface area (Å²) in [7, 11) is 1.77. The zero-order chi connectivity index (χ0) is 22.2. The summed E-state index contributed by atoms with van der Waals surface area (Å²) >= 11 is 0. The number of carbonyl (C=O) groups excluding carboxylic acids is 1. The lowest BCUT2D eigenvalue weighted by Crippen LogP contribution is -2.49. The third kappa shape index (κ3) is 5.49. The van der Waals surface area contributed by atoms with E-state index in [2.05, 4.69) is 25.3 Å². The number of rotatable bonds is 5. The molecule has 0 unspecified atom stereocenters. The monoisotopic (exact) mass is 461 g/mol. The van der Waals surface area contributed by atoms with Gasteiger partial charge in [-0.3, -0.25) is 4.79 Å². The number of aromatic nitrogens is 2. The van der Waals surface area contributed by atoms with Crippen LogP contribution in [0.2, 0.25) is 0 Å². The molecule has 2 aromatic rings. The number of carbonyl (C=O) groups is 1. The Hall–Kier alpha value is -2.76. The average Bonchev–Trinajstić information content (AvgIpc) is 2.62. The van der Waals surface area contributed by atoms with E-state index in [1.54, 1.807) is 18.9 Å². The average molecular weight is 461 g/mol. The number of ether oxygens (including phenoxy) is 1. The van der Waals surface area contributed by atoms with Crippen molar-refractivity contribution in [1.82, 2.24) is 9.97 Å². The van der Waals surface area contributed by atoms with Gasteiger partial charge >= 0.3 is 6.36 Å². The maximum atomic E-state index is 13.9. The Morgan fingerprint density at radius 1 is 1.29 bits per heavy atom. The number of nitrogens with zero attached hydrogens (tertiary/aromatic N) is 3. The van der Waals surface area contributed by atoms with Crippen molar-refractivity contribution in [2.45, 2.75) is 39.7 Å². The quantitative estimate of drug-likeness (QED) is 0.657. The van der Waals surface area contributed by atoms with Crippen LogP contribution < -0.4 is 20.3 Å². The number of hydrogen-bond donors (Lipinski definition) is 2. The van der Waals surface area contributed by atoms with Crippen LogP contribution in [0.3, 0.4) is 0 Å². The van der Waals surface area contributed by atoms with Crippen LogP contribution in [0.15, 0.2) is 18.2 Å². The molecular formula is C19H23F4N5O2S. The molecule has 170 valence electrons. The van der Waals surface area contributed by atoms with Crippen molar-refractivity contribution in [3.8, 4) is 5.75 Å². The number of anilines is 3. The van der Waals surface area contributed by atoms with Crippen molar-refractivity contribution in [2.75, 3.05) is 22.6 Å². The second-order valence-corrected chi connectivity index (χ2v) is 7.29. The third-order valence-electron chi connectivity index (χ3n) is 4.64. The van der Waals surface area contributed by atoms with Gasteiger partial charge < -0.3 is 20.3 Å². The maximum absolute atomic E-state index is 13.9. The summed E-state index contributed by atoms with van der Waals surface area (Å²) in [6, 6.07) is 2.77. The number of fused-ring (bicyclic) bond motifs is 1. The lowest BCUT2D eigenvalue weighted by Gasteiger charge is -2.36. The summed E-state index contributed by atoms with van der Waals surface area (Å²) in [6.45, 7) is 5.66. The molecule has 2 N–H and O–H groups in total.